The lowest BCUT2D eigenvalue weighted by atomic mass is 9.68. The Labute approximate surface area is 197 Å². The Morgan fingerprint density at radius 1 is 1.03 bits per heavy atom. The van der Waals surface area contributed by atoms with Crippen molar-refractivity contribution in [3.8, 4) is 0 Å². The van der Waals surface area contributed by atoms with Crippen LogP contribution in [-0.2, 0) is 32.6 Å². The Morgan fingerprint density at radius 2 is 1.76 bits per heavy atom. The summed E-state index contributed by atoms with van der Waals surface area (Å²) in [5.74, 6) is 1.21. The van der Waals surface area contributed by atoms with E-state index >= 15 is 0 Å². The number of fused-ring (bicyclic) bond motifs is 2. The van der Waals surface area contributed by atoms with Gasteiger partial charge in [0.1, 0.15) is 6.26 Å². The lowest BCUT2D eigenvalue weighted by Gasteiger charge is -2.50. The highest BCUT2D eigenvalue weighted by Crippen LogP contribution is 2.43. The van der Waals surface area contributed by atoms with Gasteiger partial charge in [-0.3, -0.25) is 9.69 Å². The molecule has 0 aromatic heterocycles. The van der Waals surface area contributed by atoms with Crippen molar-refractivity contribution in [2.45, 2.75) is 51.1 Å². The zero-order chi connectivity index (χ0) is 22.8. The standard InChI is InChI=1S/C28H34N2O3/c1-21(2)27(31)30-17-23-10-6-7-11-24(23)28(19-30)12-14-29(15-13-28)25(26-18-32-20-33-26)16-22-8-4-3-5-9-22/h3-11,18,21,25H,12-17,19-20H2,1-2H3. The molecule has 1 saturated heterocycles. The van der Waals surface area contributed by atoms with E-state index in [0.717, 1.165) is 51.2 Å². The molecule has 5 rings (SSSR count). The van der Waals surface area contributed by atoms with Crippen LogP contribution < -0.4 is 0 Å². The Kier molecular flexibility index (Phi) is 6.15. The SMILES string of the molecule is CC(C)C(=O)N1Cc2ccccc2C2(CCN(C(Cc3ccccc3)C3=COCO3)CC2)C1. The first-order valence-electron chi connectivity index (χ1n) is 12.2. The number of piperidine rings is 1. The van der Waals surface area contributed by atoms with Crippen molar-refractivity contribution in [1.29, 1.82) is 0 Å². The minimum Gasteiger partial charge on any atom is -0.462 e. The van der Waals surface area contributed by atoms with Gasteiger partial charge in [-0.2, -0.15) is 0 Å². The van der Waals surface area contributed by atoms with E-state index < -0.39 is 0 Å². The van der Waals surface area contributed by atoms with Gasteiger partial charge in [-0.25, -0.2) is 0 Å². The van der Waals surface area contributed by atoms with Crippen LogP contribution in [0.25, 0.3) is 0 Å². The molecule has 3 heterocycles. The number of amides is 1. The first-order valence-corrected chi connectivity index (χ1v) is 12.2. The van der Waals surface area contributed by atoms with Gasteiger partial charge < -0.3 is 14.4 Å². The van der Waals surface area contributed by atoms with Gasteiger partial charge in [0, 0.05) is 24.4 Å². The van der Waals surface area contributed by atoms with E-state index in [2.05, 4.69) is 64.4 Å². The number of benzene rings is 2. The van der Waals surface area contributed by atoms with Crippen LogP contribution in [-0.4, -0.2) is 48.2 Å². The quantitative estimate of drug-likeness (QED) is 0.679. The molecule has 33 heavy (non-hydrogen) atoms. The highest BCUT2D eigenvalue weighted by atomic mass is 16.7. The van der Waals surface area contributed by atoms with E-state index in [0.29, 0.717) is 6.79 Å². The zero-order valence-corrected chi connectivity index (χ0v) is 19.7. The van der Waals surface area contributed by atoms with E-state index in [-0.39, 0.29) is 23.3 Å². The predicted octanol–water partition coefficient (Wildman–Crippen LogP) is 4.48. The smallest absolute Gasteiger partial charge is 0.229 e. The molecule has 2 aromatic carbocycles. The molecule has 0 N–H and O–H groups in total. The Balaban J connectivity index is 1.38. The largest absolute Gasteiger partial charge is 0.462 e. The van der Waals surface area contributed by atoms with Gasteiger partial charge in [0.15, 0.2) is 5.76 Å². The second-order valence-corrected chi connectivity index (χ2v) is 9.98. The summed E-state index contributed by atoms with van der Waals surface area (Å²) < 4.78 is 11.3. The summed E-state index contributed by atoms with van der Waals surface area (Å²) in [7, 11) is 0. The van der Waals surface area contributed by atoms with Crippen LogP contribution in [0.4, 0.5) is 0 Å². The normalized spacial score (nSPS) is 20.7. The van der Waals surface area contributed by atoms with E-state index in [9.17, 15) is 4.79 Å². The Bertz CT molecular complexity index is 1010. The molecule has 1 spiro atoms. The maximum atomic E-state index is 13.0. The number of rotatable bonds is 5. The third-order valence-electron chi connectivity index (χ3n) is 7.54. The molecule has 3 aliphatic rings. The van der Waals surface area contributed by atoms with Gasteiger partial charge in [0.05, 0.1) is 6.04 Å². The zero-order valence-electron chi connectivity index (χ0n) is 19.7. The molecule has 0 radical (unpaired) electrons. The van der Waals surface area contributed by atoms with Crippen LogP contribution >= 0.6 is 0 Å². The van der Waals surface area contributed by atoms with Gasteiger partial charge in [-0.15, -0.1) is 0 Å². The molecular formula is C28H34N2O3. The topological polar surface area (TPSA) is 42.0 Å². The molecule has 1 amide bonds. The number of hydrogen-bond donors (Lipinski definition) is 0. The summed E-state index contributed by atoms with van der Waals surface area (Å²) in [4.78, 5) is 17.6. The van der Waals surface area contributed by atoms with Crippen molar-refractivity contribution in [2.75, 3.05) is 26.4 Å². The van der Waals surface area contributed by atoms with Gasteiger partial charge in [-0.05, 0) is 49.0 Å². The summed E-state index contributed by atoms with van der Waals surface area (Å²) in [5, 5.41) is 0. The first kappa shape index (κ1) is 22.0. The molecule has 3 aliphatic heterocycles. The molecule has 0 aliphatic carbocycles. The molecule has 5 nitrogen and oxygen atoms in total. The average Bonchev–Trinajstić information content (AvgIpc) is 3.38. The van der Waals surface area contributed by atoms with Crippen LogP contribution in [0.15, 0.2) is 66.6 Å². The lowest BCUT2D eigenvalue weighted by molar-refractivity contribution is -0.137. The minimum atomic E-state index is 0.0223. The van der Waals surface area contributed by atoms with Gasteiger partial charge >= 0.3 is 0 Å². The monoisotopic (exact) mass is 446 g/mol. The number of nitrogens with zero attached hydrogens (tertiary/aromatic N) is 2. The van der Waals surface area contributed by atoms with E-state index in [1.54, 1.807) is 6.26 Å². The number of carbonyl (C=O) groups is 1. The number of likely N-dealkylation sites (tertiary alicyclic amines) is 1. The van der Waals surface area contributed by atoms with E-state index in [1.807, 2.05) is 13.8 Å². The lowest BCUT2D eigenvalue weighted by Crippen LogP contribution is -2.55. The second kappa shape index (κ2) is 9.22. The maximum absolute atomic E-state index is 13.0. The summed E-state index contributed by atoms with van der Waals surface area (Å²) in [6.07, 6.45) is 4.76. The highest BCUT2D eigenvalue weighted by Gasteiger charge is 2.44. The number of carbonyl (C=O) groups excluding carboxylic acids is 1. The molecule has 2 aromatic rings. The fourth-order valence-electron chi connectivity index (χ4n) is 5.77. The van der Waals surface area contributed by atoms with Crippen molar-refractivity contribution >= 4 is 5.91 Å². The molecule has 1 atom stereocenters. The van der Waals surface area contributed by atoms with Crippen molar-refractivity contribution in [3.63, 3.8) is 0 Å². The molecule has 1 unspecified atom stereocenters. The number of hydrogen-bond acceptors (Lipinski definition) is 4. The summed E-state index contributed by atoms with van der Waals surface area (Å²) in [6.45, 7) is 7.80. The first-order chi connectivity index (χ1) is 16.1. The minimum absolute atomic E-state index is 0.0223. The van der Waals surface area contributed by atoms with Gasteiger partial charge in [-0.1, -0.05) is 68.4 Å². The molecule has 0 bridgehead atoms. The van der Waals surface area contributed by atoms with Crippen LogP contribution in [0.2, 0.25) is 0 Å². The van der Waals surface area contributed by atoms with Crippen LogP contribution in [0, 0.1) is 5.92 Å². The van der Waals surface area contributed by atoms with E-state index in [4.69, 9.17) is 9.47 Å². The van der Waals surface area contributed by atoms with Gasteiger partial charge in [0.25, 0.3) is 0 Å². The van der Waals surface area contributed by atoms with Crippen molar-refractivity contribution in [1.82, 2.24) is 9.80 Å². The molecular weight excluding hydrogens is 412 g/mol. The van der Waals surface area contributed by atoms with E-state index in [1.165, 1.54) is 16.7 Å². The van der Waals surface area contributed by atoms with Crippen LogP contribution in [0.5, 0.6) is 0 Å². The summed E-state index contributed by atoms with van der Waals surface area (Å²) in [6, 6.07) is 19.5. The fraction of sp³-hybridized carbons (Fsp3) is 0.464. The fourth-order valence-corrected chi connectivity index (χ4v) is 5.77. The van der Waals surface area contributed by atoms with Crippen molar-refractivity contribution in [2.24, 2.45) is 5.92 Å². The summed E-state index contributed by atoms with van der Waals surface area (Å²) >= 11 is 0. The third kappa shape index (κ3) is 4.39. The number of ether oxygens (including phenoxy) is 2. The Hall–Kier alpha value is -2.79. The molecule has 1 fully saturated rings. The third-order valence-corrected chi connectivity index (χ3v) is 7.54. The van der Waals surface area contributed by atoms with Crippen molar-refractivity contribution < 1.29 is 14.3 Å². The maximum Gasteiger partial charge on any atom is 0.229 e. The van der Waals surface area contributed by atoms with Crippen LogP contribution in [0.1, 0.15) is 43.4 Å². The molecule has 174 valence electrons. The second-order valence-electron chi connectivity index (χ2n) is 9.98. The predicted molar refractivity (Wildman–Crippen MR) is 128 cm³/mol. The highest BCUT2D eigenvalue weighted by molar-refractivity contribution is 5.78. The summed E-state index contributed by atoms with van der Waals surface area (Å²) in [5.41, 5.74) is 4.07. The van der Waals surface area contributed by atoms with Crippen LogP contribution in [0.3, 0.4) is 0 Å². The van der Waals surface area contributed by atoms with Crippen molar-refractivity contribution in [3.05, 3.63) is 83.3 Å². The molecule has 0 saturated carbocycles. The average molecular weight is 447 g/mol. The Morgan fingerprint density at radius 3 is 2.45 bits per heavy atom. The van der Waals surface area contributed by atoms with Gasteiger partial charge in [0.2, 0.25) is 12.7 Å². The molecule has 5 heteroatoms.